The minimum atomic E-state index is -0.167. The van der Waals surface area contributed by atoms with Crippen LogP contribution in [0.2, 0.25) is 0 Å². The van der Waals surface area contributed by atoms with Crippen LogP contribution in [0.4, 0.5) is 0 Å². The van der Waals surface area contributed by atoms with Crippen LogP contribution in [0.25, 0.3) is 10.8 Å². The standard InChI is InChI=1S/C24H23NO3/c26-23-20-13-5-6-14-21(20)24(27)25(23)16-7-1-2-8-17-28-22-15-9-11-18-10-3-4-12-19(18)22/h3-6,9-15H,1-2,7-8,16-17H2. The summed E-state index contributed by atoms with van der Waals surface area (Å²) in [6, 6.07) is 21.3. The Morgan fingerprint density at radius 2 is 1.32 bits per heavy atom. The normalized spacial score (nSPS) is 13.2. The van der Waals surface area contributed by atoms with Gasteiger partial charge in [-0.3, -0.25) is 14.5 Å². The van der Waals surface area contributed by atoms with Crippen LogP contribution in [-0.4, -0.2) is 29.9 Å². The summed E-state index contributed by atoms with van der Waals surface area (Å²) in [5, 5.41) is 2.32. The van der Waals surface area contributed by atoms with Crippen molar-refractivity contribution in [3.8, 4) is 5.75 Å². The minimum absolute atomic E-state index is 0.167. The molecule has 2 amide bonds. The fraction of sp³-hybridized carbons (Fsp3) is 0.250. The summed E-state index contributed by atoms with van der Waals surface area (Å²) in [6.07, 6.45) is 3.74. The maximum Gasteiger partial charge on any atom is 0.261 e. The number of ether oxygens (including phenoxy) is 1. The molecule has 0 fully saturated rings. The van der Waals surface area contributed by atoms with Crippen molar-refractivity contribution in [3.63, 3.8) is 0 Å². The predicted octanol–water partition coefficient (Wildman–Crippen LogP) is 5.08. The molecule has 1 aliphatic rings. The van der Waals surface area contributed by atoms with Gasteiger partial charge in [-0.15, -0.1) is 0 Å². The zero-order valence-electron chi connectivity index (χ0n) is 15.8. The molecule has 3 aromatic rings. The molecule has 0 bridgehead atoms. The summed E-state index contributed by atoms with van der Waals surface area (Å²) in [5.74, 6) is 0.587. The number of unbranched alkanes of at least 4 members (excludes halogenated alkanes) is 3. The van der Waals surface area contributed by atoms with Gasteiger partial charge in [-0.25, -0.2) is 0 Å². The molecular formula is C24H23NO3. The first-order valence-electron chi connectivity index (χ1n) is 9.81. The van der Waals surface area contributed by atoms with Crippen molar-refractivity contribution < 1.29 is 14.3 Å². The highest BCUT2D eigenvalue weighted by Crippen LogP contribution is 2.25. The van der Waals surface area contributed by atoms with Crippen molar-refractivity contribution in [2.45, 2.75) is 25.7 Å². The SMILES string of the molecule is O=C1c2ccccc2C(=O)N1CCCCCCOc1cccc2ccccc12. The second-order valence-electron chi connectivity index (χ2n) is 7.05. The molecule has 0 atom stereocenters. The van der Waals surface area contributed by atoms with Crippen LogP contribution in [-0.2, 0) is 0 Å². The molecule has 4 heteroatoms. The lowest BCUT2D eigenvalue weighted by atomic mass is 10.1. The number of benzene rings is 3. The highest BCUT2D eigenvalue weighted by atomic mass is 16.5. The van der Waals surface area contributed by atoms with Gasteiger partial charge in [0.05, 0.1) is 17.7 Å². The Balaban J connectivity index is 1.19. The number of hydrogen-bond acceptors (Lipinski definition) is 3. The zero-order valence-corrected chi connectivity index (χ0v) is 15.8. The average Bonchev–Trinajstić information content (AvgIpc) is 2.98. The second-order valence-corrected chi connectivity index (χ2v) is 7.05. The molecule has 0 spiro atoms. The summed E-state index contributed by atoms with van der Waals surface area (Å²) < 4.78 is 5.96. The van der Waals surface area contributed by atoms with Crippen LogP contribution in [0, 0.1) is 0 Å². The van der Waals surface area contributed by atoms with E-state index >= 15 is 0 Å². The third-order valence-corrected chi connectivity index (χ3v) is 5.16. The van der Waals surface area contributed by atoms with Gasteiger partial charge in [-0.05, 0) is 36.4 Å². The Kier molecular flexibility index (Phi) is 5.38. The predicted molar refractivity (Wildman–Crippen MR) is 110 cm³/mol. The van der Waals surface area contributed by atoms with E-state index in [1.807, 2.05) is 24.3 Å². The number of hydrogen-bond donors (Lipinski definition) is 0. The zero-order chi connectivity index (χ0) is 19.3. The van der Waals surface area contributed by atoms with E-state index in [0.29, 0.717) is 24.3 Å². The molecule has 0 aliphatic carbocycles. The van der Waals surface area contributed by atoms with E-state index in [-0.39, 0.29) is 11.8 Å². The number of amides is 2. The van der Waals surface area contributed by atoms with Gasteiger partial charge < -0.3 is 4.74 Å². The summed E-state index contributed by atoms with van der Waals surface area (Å²) in [4.78, 5) is 26.0. The number of imide groups is 1. The summed E-state index contributed by atoms with van der Waals surface area (Å²) in [5.41, 5.74) is 1.05. The van der Waals surface area contributed by atoms with Gasteiger partial charge >= 0.3 is 0 Å². The van der Waals surface area contributed by atoms with E-state index in [2.05, 4.69) is 18.2 Å². The van der Waals surface area contributed by atoms with Gasteiger partial charge in [-0.2, -0.15) is 0 Å². The third-order valence-electron chi connectivity index (χ3n) is 5.16. The molecule has 1 heterocycles. The Morgan fingerprint density at radius 3 is 2.11 bits per heavy atom. The fourth-order valence-corrected chi connectivity index (χ4v) is 3.67. The monoisotopic (exact) mass is 373 g/mol. The van der Waals surface area contributed by atoms with Crippen LogP contribution in [0.5, 0.6) is 5.75 Å². The van der Waals surface area contributed by atoms with Crippen molar-refractivity contribution in [2.75, 3.05) is 13.2 Å². The van der Waals surface area contributed by atoms with Gasteiger partial charge in [0, 0.05) is 11.9 Å². The number of carbonyl (C=O) groups excluding carboxylic acids is 2. The molecule has 0 aromatic heterocycles. The Labute approximate surface area is 164 Å². The lowest BCUT2D eigenvalue weighted by molar-refractivity contribution is 0.0651. The molecular weight excluding hydrogens is 350 g/mol. The molecule has 0 saturated carbocycles. The first kappa shape index (κ1) is 18.2. The van der Waals surface area contributed by atoms with Crippen LogP contribution in [0.15, 0.2) is 66.7 Å². The number of nitrogens with zero attached hydrogens (tertiary/aromatic N) is 1. The van der Waals surface area contributed by atoms with Crippen molar-refractivity contribution >= 4 is 22.6 Å². The van der Waals surface area contributed by atoms with Crippen LogP contribution >= 0.6 is 0 Å². The lowest BCUT2D eigenvalue weighted by Crippen LogP contribution is -2.30. The highest BCUT2D eigenvalue weighted by molar-refractivity contribution is 6.21. The topological polar surface area (TPSA) is 46.6 Å². The van der Waals surface area contributed by atoms with Gasteiger partial charge in [0.1, 0.15) is 5.75 Å². The van der Waals surface area contributed by atoms with Crippen molar-refractivity contribution in [3.05, 3.63) is 77.9 Å². The molecule has 1 aliphatic heterocycles. The van der Waals surface area contributed by atoms with E-state index in [1.165, 1.54) is 10.3 Å². The molecule has 0 unspecified atom stereocenters. The van der Waals surface area contributed by atoms with E-state index in [4.69, 9.17) is 4.74 Å². The van der Waals surface area contributed by atoms with Crippen LogP contribution < -0.4 is 4.74 Å². The van der Waals surface area contributed by atoms with Gasteiger partial charge in [0.25, 0.3) is 11.8 Å². The van der Waals surface area contributed by atoms with Crippen molar-refractivity contribution in [1.82, 2.24) is 4.90 Å². The number of fused-ring (bicyclic) bond motifs is 2. The smallest absolute Gasteiger partial charge is 0.261 e. The minimum Gasteiger partial charge on any atom is -0.493 e. The van der Waals surface area contributed by atoms with E-state index < -0.39 is 0 Å². The molecule has 3 aromatic carbocycles. The van der Waals surface area contributed by atoms with E-state index in [0.717, 1.165) is 36.8 Å². The maximum atomic E-state index is 12.3. The second kappa shape index (κ2) is 8.26. The number of carbonyl (C=O) groups is 2. The molecule has 0 saturated heterocycles. The first-order valence-corrected chi connectivity index (χ1v) is 9.81. The molecule has 4 nitrogen and oxygen atoms in total. The lowest BCUT2D eigenvalue weighted by Gasteiger charge is -2.13. The maximum absolute atomic E-state index is 12.3. The molecule has 4 rings (SSSR count). The summed E-state index contributed by atoms with van der Waals surface area (Å²) in [7, 11) is 0. The fourth-order valence-electron chi connectivity index (χ4n) is 3.67. The molecule has 0 radical (unpaired) electrons. The van der Waals surface area contributed by atoms with Gasteiger partial charge in [-0.1, -0.05) is 61.4 Å². The molecule has 28 heavy (non-hydrogen) atoms. The van der Waals surface area contributed by atoms with Crippen molar-refractivity contribution in [2.24, 2.45) is 0 Å². The quantitative estimate of drug-likeness (QED) is 0.409. The Hall–Kier alpha value is -3.14. The third kappa shape index (κ3) is 3.63. The van der Waals surface area contributed by atoms with Gasteiger partial charge in [0.15, 0.2) is 0 Å². The number of rotatable bonds is 8. The first-order chi connectivity index (χ1) is 13.8. The van der Waals surface area contributed by atoms with Crippen LogP contribution in [0.1, 0.15) is 46.4 Å². The van der Waals surface area contributed by atoms with Crippen molar-refractivity contribution in [1.29, 1.82) is 0 Å². The average molecular weight is 373 g/mol. The Morgan fingerprint density at radius 1 is 0.679 bits per heavy atom. The summed E-state index contributed by atoms with van der Waals surface area (Å²) in [6.45, 7) is 1.15. The molecule has 0 N–H and O–H groups in total. The van der Waals surface area contributed by atoms with Crippen LogP contribution in [0.3, 0.4) is 0 Å². The van der Waals surface area contributed by atoms with E-state index in [9.17, 15) is 9.59 Å². The highest BCUT2D eigenvalue weighted by Gasteiger charge is 2.34. The Bertz CT molecular complexity index is 971. The molecule has 142 valence electrons. The largest absolute Gasteiger partial charge is 0.493 e. The summed E-state index contributed by atoms with van der Waals surface area (Å²) >= 11 is 0. The van der Waals surface area contributed by atoms with Gasteiger partial charge in [0.2, 0.25) is 0 Å². The van der Waals surface area contributed by atoms with E-state index in [1.54, 1.807) is 24.3 Å².